The van der Waals surface area contributed by atoms with Gasteiger partial charge in [0.25, 0.3) is 6.43 Å². The van der Waals surface area contributed by atoms with Crippen molar-refractivity contribution in [1.82, 2.24) is 19.9 Å². The van der Waals surface area contributed by atoms with Crippen LogP contribution in [-0.2, 0) is 9.47 Å². The third-order valence-corrected chi connectivity index (χ3v) is 5.51. The second kappa shape index (κ2) is 6.99. The van der Waals surface area contributed by atoms with Gasteiger partial charge in [-0.05, 0) is 0 Å². The molecular weight excluding hydrogens is 384 g/mol. The van der Waals surface area contributed by atoms with Crippen LogP contribution < -0.4 is 15.5 Å². The topological polar surface area (TPSA) is 103 Å². The lowest BCUT2D eigenvalue weighted by atomic mass is 9.78. The van der Waals surface area contributed by atoms with Crippen molar-refractivity contribution in [1.29, 1.82) is 0 Å². The molecule has 9 nitrogen and oxygen atoms in total. The number of rotatable bonds is 4. The molecular formula is C18H21F2N7O2. The van der Waals surface area contributed by atoms with Crippen molar-refractivity contribution >= 4 is 17.6 Å². The van der Waals surface area contributed by atoms with Gasteiger partial charge in [0, 0.05) is 38.4 Å². The van der Waals surface area contributed by atoms with Gasteiger partial charge in [-0.2, -0.15) is 0 Å². The lowest BCUT2D eigenvalue weighted by Gasteiger charge is -2.55. The molecule has 0 aliphatic carbocycles. The molecule has 1 spiro atoms. The normalized spacial score (nSPS) is 20.7. The Morgan fingerprint density at radius 1 is 1.00 bits per heavy atom. The molecule has 0 aromatic carbocycles. The fraction of sp³-hybridized carbons (Fsp3) is 0.556. The molecule has 5 rings (SSSR count). The van der Waals surface area contributed by atoms with Crippen molar-refractivity contribution in [2.45, 2.75) is 6.43 Å². The first-order valence-electron chi connectivity index (χ1n) is 9.48. The average molecular weight is 405 g/mol. The van der Waals surface area contributed by atoms with Crippen LogP contribution in [-0.4, -0.2) is 72.5 Å². The molecule has 29 heavy (non-hydrogen) atoms. The Morgan fingerprint density at radius 2 is 1.69 bits per heavy atom. The summed E-state index contributed by atoms with van der Waals surface area (Å²) in [6.07, 6.45) is -1.54. The van der Waals surface area contributed by atoms with Crippen LogP contribution in [0.2, 0.25) is 0 Å². The van der Waals surface area contributed by atoms with Gasteiger partial charge >= 0.3 is 0 Å². The van der Waals surface area contributed by atoms with Crippen molar-refractivity contribution < 1.29 is 18.3 Å². The third-order valence-electron chi connectivity index (χ3n) is 5.51. The van der Waals surface area contributed by atoms with Crippen molar-refractivity contribution in [3.8, 4) is 11.4 Å². The number of morpholine rings is 1. The Hall–Kier alpha value is -2.66. The number of halogens is 2. The van der Waals surface area contributed by atoms with Crippen LogP contribution in [0.25, 0.3) is 11.4 Å². The fourth-order valence-corrected chi connectivity index (χ4v) is 3.91. The van der Waals surface area contributed by atoms with Gasteiger partial charge in [0.15, 0.2) is 5.82 Å². The van der Waals surface area contributed by atoms with Gasteiger partial charge in [-0.3, -0.25) is 0 Å². The highest BCUT2D eigenvalue weighted by Gasteiger charge is 2.49. The van der Waals surface area contributed by atoms with Crippen molar-refractivity contribution in [3.63, 3.8) is 0 Å². The van der Waals surface area contributed by atoms with Gasteiger partial charge in [0.1, 0.15) is 17.3 Å². The van der Waals surface area contributed by atoms with Crippen LogP contribution >= 0.6 is 0 Å². The molecule has 0 bridgehead atoms. The smallest absolute Gasteiger partial charge is 0.281 e. The lowest BCUT2D eigenvalue weighted by molar-refractivity contribution is -0.127. The van der Waals surface area contributed by atoms with E-state index < -0.39 is 12.1 Å². The van der Waals surface area contributed by atoms with Crippen LogP contribution in [0.3, 0.4) is 0 Å². The molecule has 0 amide bonds. The quantitative estimate of drug-likeness (QED) is 0.802. The van der Waals surface area contributed by atoms with Crippen LogP contribution in [0.4, 0.5) is 26.4 Å². The minimum Gasteiger partial charge on any atom is -0.380 e. The zero-order chi connectivity index (χ0) is 20.0. The predicted molar refractivity (Wildman–Crippen MR) is 101 cm³/mol. The van der Waals surface area contributed by atoms with Crippen molar-refractivity contribution in [3.05, 3.63) is 18.0 Å². The molecule has 3 aliphatic heterocycles. The Morgan fingerprint density at radius 3 is 2.31 bits per heavy atom. The predicted octanol–water partition coefficient (Wildman–Crippen LogP) is 1.13. The average Bonchev–Trinajstić information content (AvgIpc) is 2.66. The number of hydrogen-bond donors (Lipinski definition) is 1. The summed E-state index contributed by atoms with van der Waals surface area (Å²) >= 11 is 0. The van der Waals surface area contributed by atoms with E-state index in [1.54, 1.807) is 0 Å². The molecule has 5 heterocycles. The van der Waals surface area contributed by atoms with Gasteiger partial charge < -0.3 is 25.0 Å². The molecule has 2 N–H and O–H groups in total. The van der Waals surface area contributed by atoms with E-state index in [0.717, 1.165) is 26.3 Å². The number of nitrogen functional groups attached to an aromatic ring is 1. The second-order valence-corrected chi connectivity index (χ2v) is 7.68. The molecule has 0 radical (unpaired) electrons. The summed E-state index contributed by atoms with van der Waals surface area (Å²) in [4.78, 5) is 20.9. The standard InChI is InChI=1S/C18H21F2N7O2/c19-15(20)14-11(6-22-17(21)25-14)16-23-12(26-1-3-28-4-2-26)5-13(24-16)27-7-18(8-27)9-29-10-18/h5-6,15H,1-4,7-10H2,(H2,21,22,25). The van der Waals surface area contributed by atoms with E-state index in [9.17, 15) is 8.78 Å². The zero-order valence-electron chi connectivity index (χ0n) is 15.7. The maximum atomic E-state index is 13.6. The molecule has 0 unspecified atom stereocenters. The van der Waals surface area contributed by atoms with E-state index in [1.165, 1.54) is 6.20 Å². The van der Waals surface area contributed by atoms with Gasteiger partial charge in [-0.25, -0.2) is 28.7 Å². The Labute approximate surface area is 165 Å². The van der Waals surface area contributed by atoms with Crippen LogP contribution in [0.5, 0.6) is 0 Å². The summed E-state index contributed by atoms with van der Waals surface area (Å²) in [6.45, 7) is 5.68. The lowest BCUT2D eigenvalue weighted by Crippen LogP contribution is -2.66. The summed E-state index contributed by atoms with van der Waals surface area (Å²) in [5, 5.41) is 0. The van der Waals surface area contributed by atoms with Gasteiger partial charge in [0.2, 0.25) is 5.95 Å². The Balaban J connectivity index is 1.54. The summed E-state index contributed by atoms with van der Waals surface area (Å²) < 4.78 is 37.9. The Bertz CT molecular complexity index is 911. The highest BCUT2D eigenvalue weighted by molar-refractivity contribution is 5.65. The van der Waals surface area contributed by atoms with Gasteiger partial charge in [0.05, 0.1) is 37.4 Å². The van der Waals surface area contributed by atoms with Crippen LogP contribution in [0.15, 0.2) is 12.3 Å². The van der Waals surface area contributed by atoms with Gasteiger partial charge in [-0.15, -0.1) is 0 Å². The largest absolute Gasteiger partial charge is 0.380 e. The molecule has 154 valence electrons. The van der Waals surface area contributed by atoms with E-state index in [4.69, 9.17) is 15.2 Å². The summed E-state index contributed by atoms with van der Waals surface area (Å²) in [6, 6.07) is 1.90. The first kappa shape index (κ1) is 18.4. The van der Waals surface area contributed by atoms with E-state index in [2.05, 4.69) is 29.7 Å². The van der Waals surface area contributed by atoms with E-state index in [1.807, 2.05) is 6.07 Å². The minimum atomic E-state index is -2.81. The first-order chi connectivity index (χ1) is 14.0. The number of alkyl halides is 2. The SMILES string of the molecule is Nc1ncc(-c2nc(N3CCOCC3)cc(N3CC4(COC4)C3)n2)c(C(F)F)n1. The summed E-state index contributed by atoms with van der Waals surface area (Å²) in [7, 11) is 0. The maximum Gasteiger partial charge on any atom is 0.281 e. The minimum absolute atomic E-state index is 0.0905. The number of hydrogen-bond acceptors (Lipinski definition) is 9. The van der Waals surface area contributed by atoms with E-state index >= 15 is 0 Å². The van der Waals surface area contributed by atoms with Crippen molar-refractivity contribution in [2.75, 3.05) is 68.1 Å². The number of nitrogens with zero attached hydrogens (tertiary/aromatic N) is 6. The Kier molecular flexibility index (Phi) is 4.43. The number of aromatic nitrogens is 4. The number of nitrogens with two attached hydrogens (primary N) is 1. The second-order valence-electron chi connectivity index (χ2n) is 7.68. The molecule has 3 aliphatic rings. The van der Waals surface area contributed by atoms with Crippen molar-refractivity contribution in [2.24, 2.45) is 5.41 Å². The molecule has 3 fully saturated rings. The highest BCUT2D eigenvalue weighted by atomic mass is 19.3. The molecule has 11 heteroatoms. The molecule has 2 aromatic rings. The zero-order valence-corrected chi connectivity index (χ0v) is 15.7. The molecule has 0 saturated carbocycles. The maximum absolute atomic E-state index is 13.6. The molecule has 0 atom stereocenters. The van der Waals surface area contributed by atoms with E-state index in [0.29, 0.717) is 37.9 Å². The van der Waals surface area contributed by atoms with E-state index in [-0.39, 0.29) is 22.8 Å². The monoisotopic (exact) mass is 405 g/mol. The van der Waals surface area contributed by atoms with Crippen LogP contribution in [0, 0.1) is 5.41 Å². The summed E-state index contributed by atoms with van der Waals surface area (Å²) in [5.74, 6) is 1.34. The highest BCUT2D eigenvalue weighted by Crippen LogP contribution is 2.41. The first-order valence-corrected chi connectivity index (χ1v) is 9.48. The summed E-state index contributed by atoms with van der Waals surface area (Å²) in [5.41, 5.74) is 5.34. The van der Waals surface area contributed by atoms with Gasteiger partial charge in [-0.1, -0.05) is 0 Å². The molecule has 2 aromatic heterocycles. The van der Waals surface area contributed by atoms with Crippen LogP contribution in [0.1, 0.15) is 12.1 Å². The third kappa shape index (κ3) is 3.33. The fourth-order valence-electron chi connectivity index (χ4n) is 3.91. The number of anilines is 3. The number of ether oxygens (including phenoxy) is 2. The molecule has 3 saturated heterocycles.